The minimum absolute atomic E-state index is 0.0816. The number of nitrogens with zero attached hydrogens (tertiary/aromatic N) is 1. The van der Waals surface area contributed by atoms with Crippen LogP contribution in [-0.4, -0.2) is 21.3 Å². The minimum atomic E-state index is -4.56. The molecule has 1 aromatic heterocycles. The van der Waals surface area contributed by atoms with E-state index in [-0.39, 0.29) is 16.7 Å². The number of alkyl halides is 3. The van der Waals surface area contributed by atoms with Crippen molar-refractivity contribution in [3.05, 3.63) is 41.7 Å². The SMILES string of the molecule is O=C(O)c1cccc(-c2cn[nH]c2C(F)(F)F)c1. The quantitative estimate of drug-likeness (QED) is 0.868. The largest absolute Gasteiger partial charge is 0.478 e. The fraction of sp³-hybridized carbons (Fsp3) is 0.0909. The zero-order chi connectivity index (χ0) is 13.3. The summed E-state index contributed by atoms with van der Waals surface area (Å²) in [5, 5.41) is 14.0. The van der Waals surface area contributed by atoms with Crippen LogP contribution in [0, 0.1) is 0 Å². The Morgan fingerprint density at radius 1 is 1.33 bits per heavy atom. The summed E-state index contributed by atoms with van der Waals surface area (Å²) in [4.78, 5) is 10.8. The number of benzene rings is 1. The van der Waals surface area contributed by atoms with Gasteiger partial charge in [0.15, 0.2) is 0 Å². The number of hydrogen-bond donors (Lipinski definition) is 2. The van der Waals surface area contributed by atoms with E-state index in [2.05, 4.69) is 5.10 Å². The van der Waals surface area contributed by atoms with Gasteiger partial charge < -0.3 is 5.11 Å². The second-order valence-corrected chi connectivity index (χ2v) is 3.54. The van der Waals surface area contributed by atoms with E-state index in [0.29, 0.717) is 0 Å². The molecule has 94 valence electrons. The molecule has 1 heterocycles. The summed E-state index contributed by atoms with van der Waals surface area (Å²) >= 11 is 0. The van der Waals surface area contributed by atoms with Gasteiger partial charge in [0.1, 0.15) is 5.69 Å². The fourth-order valence-electron chi connectivity index (χ4n) is 1.54. The van der Waals surface area contributed by atoms with Crippen molar-refractivity contribution in [2.24, 2.45) is 0 Å². The van der Waals surface area contributed by atoms with E-state index in [1.165, 1.54) is 24.3 Å². The van der Waals surface area contributed by atoms with Gasteiger partial charge in [0.05, 0.1) is 11.8 Å². The van der Waals surface area contributed by atoms with Crippen LogP contribution >= 0.6 is 0 Å². The molecule has 4 nitrogen and oxygen atoms in total. The molecule has 0 amide bonds. The number of carboxylic acid groups (broad SMARTS) is 1. The van der Waals surface area contributed by atoms with Crippen LogP contribution in [0.3, 0.4) is 0 Å². The maximum atomic E-state index is 12.6. The monoisotopic (exact) mass is 256 g/mol. The zero-order valence-electron chi connectivity index (χ0n) is 8.82. The second kappa shape index (κ2) is 4.17. The van der Waals surface area contributed by atoms with E-state index in [9.17, 15) is 18.0 Å². The van der Waals surface area contributed by atoms with Gasteiger partial charge in [0.2, 0.25) is 0 Å². The predicted octanol–water partition coefficient (Wildman–Crippen LogP) is 2.79. The number of carbonyl (C=O) groups is 1. The predicted molar refractivity (Wildman–Crippen MR) is 56.0 cm³/mol. The molecular formula is C11H7F3N2O2. The van der Waals surface area contributed by atoms with Crippen LogP contribution in [0.25, 0.3) is 11.1 Å². The summed E-state index contributed by atoms with van der Waals surface area (Å²) in [7, 11) is 0. The van der Waals surface area contributed by atoms with Gasteiger partial charge in [-0.3, -0.25) is 5.10 Å². The molecule has 0 aliphatic heterocycles. The fourth-order valence-corrected chi connectivity index (χ4v) is 1.54. The lowest BCUT2D eigenvalue weighted by atomic mass is 10.0. The van der Waals surface area contributed by atoms with Crippen LogP contribution in [0.5, 0.6) is 0 Å². The molecular weight excluding hydrogens is 249 g/mol. The lowest BCUT2D eigenvalue weighted by Gasteiger charge is -2.07. The molecule has 2 aromatic rings. The molecule has 0 spiro atoms. The molecule has 0 unspecified atom stereocenters. The number of rotatable bonds is 2. The Balaban J connectivity index is 2.53. The molecule has 2 rings (SSSR count). The highest BCUT2D eigenvalue weighted by molar-refractivity contribution is 5.89. The number of aromatic carboxylic acids is 1. The first-order valence-electron chi connectivity index (χ1n) is 4.84. The molecule has 0 saturated heterocycles. The van der Waals surface area contributed by atoms with E-state index in [1.54, 1.807) is 0 Å². The van der Waals surface area contributed by atoms with Crippen molar-refractivity contribution in [3.63, 3.8) is 0 Å². The highest BCUT2D eigenvalue weighted by atomic mass is 19.4. The highest BCUT2D eigenvalue weighted by Crippen LogP contribution is 2.35. The van der Waals surface area contributed by atoms with Gasteiger partial charge >= 0.3 is 12.1 Å². The molecule has 0 saturated carbocycles. The van der Waals surface area contributed by atoms with E-state index in [0.717, 1.165) is 6.20 Å². The molecule has 0 atom stereocenters. The normalized spacial score (nSPS) is 11.5. The van der Waals surface area contributed by atoms with Gasteiger partial charge in [-0.05, 0) is 17.7 Å². The Kier molecular flexibility index (Phi) is 2.82. The Labute approximate surface area is 99.1 Å². The van der Waals surface area contributed by atoms with Crippen molar-refractivity contribution >= 4 is 5.97 Å². The van der Waals surface area contributed by atoms with Crippen molar-refractivity contribution in [3.8, 4) is 11.1 Å². The third-order valence-corrected chi connectivity index (χ3v) is 2.34. The lowest BCUT2D eigenvalue weighted by molar-refractivity contribution is -0.140. The van der Waals surface area contributed by atoms with Crippen molar-refractivity contribution in [1.29, 1.82) is 0 Å². The average molecular weight is 256 g/mol. The van der Waals surface area contributed by atoms with E-state index >= 15 is 0 Å². The van der Waals surface area contributed by atoms with Crippen LogP contribution in [0.15, 0.2) is 30.5 Å². The minimum Gasteiger partial charge on any atom is -0.478 e. The summed E-state index contributed by atoms with van der Waals surface area (Å²) in [5.74, 6) is -1.20. The summed E-state index contributed by atoms with van der Waals surface area (Å²) in [6.45, 7) is 0. The standard InChI is InChI=1S/C11H7F3N2O2/c12-11(13,14)9-8(5-15-16-9)6-2-1-3-7(4-6)10(17)18/h1-5H,(H,15,16)(H,17,18). The van der Waals surface area contributed by atoms with Crippen LogP contribution in [-0.2, 0) is 6.18 Å². The van der Waals surface area contributed by atoms with Gasteiger partial charge in [0.25, 0.3) is 0 Å². The molecule has 0 aliphatic rings. The Morgan fingerprint density at radius 2 is 2.06 bits per heavy atom. The first-order valence-corrected chi connectivity index (χ1v) is 4.84. The van der Waals surface area contributed by atoms with Crippen LogP contribution in [0.2, 0.25) is 0 Å². The van der Waals surface area contributed by atoms with E-state index in [4.69, 9.17) is 5.11 Å². The second-order valence-electron chi connectivity index (χ2n) is 3.54. The van der Waals surface area contributed by atoms with Crippen LogP contribution < -0.4 is 0 Å². The van der Waals surface area contributed by atoms with Gasteiger partial charge in [-0.25, -0.2) is 4.79 Å². The van der Waals surface area contributed by atoms with Crippen molar-refractivity contribution in [2.45, 2.75) is 6.18 Å². The summed E-state index contributed by atoms with van der Waals surface area (Å²) in [6, 6.07) is 5.25. The van der Waals surface area contributed by atoms with Gasteiger partial charge in [-0.2, -0.15) is 18.3 Å². The van der Waals surface area contributed by atoms with Gasteiger partial charge in [-0.15, -0.1) is 0 Å². The number of carboxylic acids is 1. The summed E-state index contributed by atoms with van der Waals surface area (Å²) in [6.07, 6.45) is -3.55. The molecule has 0 fully saturated rings. The average Bonchev–Trinajstić information content (AvgIpc) is 2.77. The Morgan fingerprint density at radius 3 is 2.67 bits per heavy atom. The number of aromatic nitrogens is 2. The molecule has 18 heavy (non-hydrogen) atoms. The van der Waals surface area contributed by atoms with Gasteiger partial charge in [-0.1, -0.05) is 12.1 Å². The van der Waals surface area contributed by atoms with Crippen molar-refractivity contribution in [2.75, 3.05) is 0 Å². The molecule has 0 aliphatic carbocycles. The summed E-state index contributed by atoms with van der Waals surface area (Å²) < 4.78 is 37.9. The van der Waals surface area contributed by atoms with Gasteiger partial charge in [0, 0.05) is 5.56 Å². The highest BCUT2D eigenvalue weighted by Gasteiger charge is 2.35. The smallest absolute Gasteiger partial charge is 0.433 e. The van der Waals surface area contributed by atoms with Crippen LogP contribution in [0.4, 0.5) is 13.2 Å². The number of hydrogen-bond acceptors (Lipinski definition) is 2. The van der Waals surface area contributed by atoms with E-state index < -0.39 is 17.8 Å². The van der Waals surface area contributed by atoms with Crippen molar-refractivity contribution < 1.29 is 23.1 Å². The number of H-pyrrole nitrogens is 1. The lowest BCUT2D eigenvalue weighted by Crippen LogP contribution is -2.07. The molecule has 0 bridgehead atoms. The number of aromatic amines is 1. The van der Waals surface area contributed by atoms with Crippen LogP contribution in [0.1, 0.15) is 16.1 Å². The topological polar surface area (TPSA) is 66.0 Å². The van der Waals surface area contributed by atoms with Crippen molar-refractivity contribution in [1.82, 2.24) is 10.2 Å². The zero-order valence-corrected chi connectivity index (χ0v) is 8.82. The number of halogens is 3. The first-order chi connectivity index (χ1) is 8.39. The Hall–Kier alpha value is -2.31. The first kappa shape index (κ1) is 12.2. The number of nitrogens with one attached hydrogen (secondary N) is 1. The summed E-state index contributed by atoms with van der Waals surface area (Å²) in [5.41, 5.74) is -1.10. The van der Waals surface area contributed by atoms with E-state index in [1.807, 2.05) is 5.10 Å². The third kappa shape index (κ3) is 2.20. The molecule has 0 radical (unpaired) electrons. The molecule has 2 N–H and O–H groups in total. The Bertz CT molecular complexity index is 590. The maximum Gasteiger partial charge on any atom is 0.433 e. The third-order valence-electron chi connectivity index (χ3n) is 2.34. The molecule has 1 aromatic carbocycles. The maximum absolute atomic E-state index is 12.6. The molecule has 7 heteroatoms.